The number of nitrogens with two attached hydrogens (primary N) is 1. The molecule has 39 heavy (non-hydrogen) atoms. The minimum absolute atomic E-state index is 0.0696. The Morgan fingerprint density at radius 2 is 1.92 bits per heavy atom. The Kier molecular flexibility index (Phi) is 7.31. The number of aromatic nitrogens is 4. The summed E-state index contributed by atoms with van der Waals surface area (Å²) < 4.78 is 34.9. The van der Waals surface area contributed by atoms with Gasteiger partial charge in [0.25, 0.3) is 0 Å². The highest BCUT2D eigenvalue weighted by atomic mass is 32.2. The van der Waals surface area contributed by atoms with Gasteiger partial charge in [-0.05, 0) is 48.7 Å². The number of likely N-dealkylation sites (tertiary alicyclic amines) is 1. The molecule has 1 amide bonds. The van der Waals surface area contributed by atoms with Gasteiger partial charge in [-0.2, -0.15) is 5.10 Å². The summed E-state index contributed by atoms with van der Waals surface area (Å²) in [5.41, 5.74) is 9.06. The number of ether oxygens (including phenoxy) is 1. The molecule has 1 unspecified atom stereocenters. The minimum Gasteiger partial charge on any atom is -0.497 e. The molecule has 1 atom stereocenters. The van der Waals surface area contributed by atoms with E-state index in [-0.39, 0.29) is 23.4 Å². The van der Waals surface area contributed by atoms with E-state index in [2.05, 4.69) is 21.3 Å². The van der Waals surface area contributed by atoms with Crippen molar-refractivity contribution < 1.29 is 17.9 Å². The van der Waals surface area contributed by atoms with Crippen LogP contribution in [0.25, 0.3) is 22.3 Å². The van der Waals surface area contributed by atoms with Crippen molar-refractivity contribution in [2.24, 2.45) is 0 Å². The lowest BCUT2D eigenvalue weighted by atomic mass is 10.1. The third-order valence-corrected chi connectivity index (χ3v) is 8.23. The number of anilines is 1. The molecule has 202 valence electrons. The van der Waals surface area contributed by atoms with Crippen LogP contribution in [0.4, 0.5) is 5.82 Å². The Morgan fingerprint density at radius 1 is 1.18 bits per heavy atom. The van der Waals surface area contributed by atoms with Gasteiger partial charge in [-0.1, -0.05) is 30.8 Å². The predicted molar refractivity (Wildman–Crippen MR) is 147 cm³/mol. The maximum atomic E-state index is 12.7. The van der Waals surface area contributed by atoms with Gasteiger partial charge in [0.2, 0.25) is 15.9 Å². The number of benzene rings is 2. The van der Waals surface area contributed by atoms with Crippen molar-refractivity contribution in [1.29, 1.82) is 0 Å². The molecule has 1 saturated heterocycles. The van der Waals surface area contributed by atoms with E-state index < -0.39 is 10.0 Å². The number of sulfonamides is 1. The number of nitrogens with one attached hydrogen (secondary N) is 1. The molecule has 2 aromatic heterocycles. The van der Waals surface area contributed by atoms with Gasteiger partial charge in [-0.25, -0.2) is 27.8 Å². The average molecular weight is 548 g/mol. The van der Waals surface area contributed by atoms with Gasteiger partial charge in [0.15, 0.2) is 5.65 Å². The molecule has 3 N–H and O–H groups in total. The van der Waals surface area contributed by atoms with Crippen LogP contribution in [-0.2, 0) is 21.4 Å². The molecule has 0 radical (unpaired) electrons. The molecule has 12 heteroatoms. The zero-order valence-electron chi connectivity index (χ0n) is 21.4. The lowest BCUT2D eigenvalue weighted by Crippen LogP contribution is -2.40. The smallest absolute Gasteiger partial charge is 0.246 e. The first-order valence-corrected chi connectivity index (χ1v) is 13.9. The maximum Gasteiger partial charge on any atom is 0.246 e. The molecule has 11 nitrogen and oxygen atoms in total. The van der Waals surface area contributed by atoms with Crippen molar-refractivity contribution in [2.45, 2.75) is 30.3 Å². The van der Waals surface area contributed by atoms with E-state index in [0.29, 0.717) is 41.4 Å². The number of methoxy groups -OCH3 is 1. The second-order valence-corrected chi connectivity index (χ2v) is 11.0. The normalized spacial score (nSPS) is 15.8. The van der Waals surface area contributed by atoms with E-state index in [1.807, 2.05) is 28.9 Å². The number of hydrogen-bond donors (Lipinski definition) is 2. The van der Waals surface area contributed by atoms with E-state index in [9.17, 15) is 13.2 Å². The Labute approximate surface area is 226 Å². The summed E-state index contributed by atoms with van der Waals surface area (Å²) in [6, 6.07) is 13.5. The van der Waals surface area contributed by atoms with Crippen LogP contribution in [0.5, 0.6) is 5.75 Å². The number of nitrogen functional groups attached to an aromatic ring is 1. The Bertz CT molecular complexity index is 1620. The molecular formula is C27H29N7O4S. The Morgan fingerprint density at radius 3 is 2.62 bits per heavy atom. The highest BCUT2D eigenvalue weighted by Gasteiger charge is 2.28. The molecule has 3 heterocycles. The molecule has 2 aromatic carbocycles. The highest BCUT2D eigenvalue weighted by molar-refractivity contribution is 7.89. The summed E-state index contributed by atoms with van der Waals surface area (Å²) >= 11 is 0. The van der Waals surface area contributed by atoms with E-state index in [1.165, 1.54) is 31.6 Å². The topological polar surface area (TPSA) is 145 Å². The van der Waals surface area contributed by atoms with Crippen LogP contribution < -0.4 is 15.2 Å². The molecule has 1 aliphatic heterocycles. The molecule has 5 rings (SSSR count). The van der Waals surface area contributed by atoms with Gasteiger partial charge < -0.3 is 15.4 Å². The van der Waals surface area contributed by atoms with Crippen LogP contribution in [0.15, 0.2) is 72.4 Å². The summed E-state index contributed by atoms with van der Waals surface area (Å²) in [6.45, 7) is 4.89. The SMILES string of the molecule is C=CC(=O)N1CCCC(n2nc(-c3ccc(CNS(=O)(=O)c4ccc(OC)cc4)cc3)c3c(N)ncnc32)C1. The van der Waals surface area contributed by atoms with Gasteiger partial charge >= 0.3 is 0 Å². The van der Waals surface area contributed by atoms with Gasteiger partial charge in [-0.3, -0.25) is 4.79 Å². The van der Waals surface area contributed by atoms with Crippen LogP contribution in [0.3, 0.4) is 0 Å². The quantitative estimate of drug-likeness (QED) is 0.320. The van der Waals surface area contributed by atoms with E-state index in [4.69, 9.17) is 15.6 Å². The van der Waals surface area contributed by atoms with Crippen molar-refractivity contribution in [3.8, 4) is 17.0 Å². The standard InChI is InChI=1S/C27H29N7O4S/c1-3-23(35)33-14-4-5-20(16-33)34-27-24(26(28)29-17-30-27)25(32-34)19-8-6-18(7-9-19)15-31-39(36,37)22-12-10-21(38-2)11-13-22/h3,6-13,17,20,31H,1,4-5,14-16H2,2H3,(H2,28,29,30). The molecule has 0 bridgehead atoms. The lowest BCUT2D eigenvalue weighted by Gasteiger charge is -2.32. The summed E-state index contributed by atoms with van der Waals surface area (Å²) in [5, 5.41) is 5.52. The van der Waals surface area contributed by atoms with Crippen LogP contribution in [0, 0.1) is 0 Å². The first-order chi connectivity index (χ1) is 18.8. The van der Waals surface area contributed by atoms with Gasteiger partial charge in [-0.15, -0.1) is 0 Å². The predicted octanol–water partition coefficient (Wildman–Crippen LogP) is 2.91. The first-order valence-electron chi connectivity index (χ1n) is 12.4. The minimum atomic E-state index is -3.69. The molecule has 0 aliphatic carbocycles. The van der Waals surface area contributed by atoms with Crippen molar-refractivity contribution in [1.82, 2.24) is 29.4 Å². The Balaban J connectivity index is 1.39. The molecule has 0 saturated carbocycles. The van der Waals surface area contributed by atoms with Crippen LogP contribution in [-0.4, -0.2) is 59.2 Å². The summed E-state index contributed by atoms with van der Waals surface area (Å²) in [6.07, 6.45) is 4.41. The van der Waals surface area contributed by atoms with Crippen LogP contribution in [0.1, 0.15) is 24.4 Å². The summed E-state index contributed by atoms with van der Waals surface area (Å²) in [7, 11) is -2.17. The summed E-state index contributed by atoms with van der Waals surface area (Å²) in [4.78, 5) is 22.8. The van der Waals surface area contributed by atoms with E-state index >= 15 is 0 Å². The number of hydrogen-bond acceptors (Lipinski definition) is 8. The van der Waals surface area contributed by atoms with E-state index in [1.54, 1.807) is 17.0 Å². The molecule has 1 aliphatic rings. The van der Waals surface area contributed by atoms with Crippen LogP contribution in [0.2, 0.25) is 0 Å². The third-order valence-electron chi connectivity index (χ3n) is 6.81. The van der Waals surface area contributed by atoms with Gasteiger partial charge in [0, 0.05) is 25.2 Å². The van der Waals surface area contributed by atoms with Crippen molar-refractivity contribution in [3.05, 3.63) is 73.1 Å². The molecule has 4 aromatic rings. The average Bonchev–Trinajstić information content (AvgIpc) is 3.37. The fourth-order valence-electron chi connectivity index (χ4n) is 4.73. The second-order valence-electron chi connectivity index (χ2n) is 9.23. The number of rotatable bonds is 8. The molecule has 1 fully saturated rings. The van der Waals surface area contributed by atoms with Crippen molar-refractivity contribution in [3.63, 3.8) is 0 Å². The number of nitrogens with zero attached hydrogens (tertiary/aromatic N) is 5. The highest BCUT2D eigenvalue weighted by Crippen LogP contribution is 2.34. The number of amides is 1. The second kappa shape index (κ2) is 10.8. The van der Waals surface area contributed by atoms with Crippen molar-refractivity contribution >= 4 is 32.8 Å². The lowest BCUT2D eigenvalue weighted by molar-refractivity contribution is -0.127. The zero-order valence-corrected chi connectivity index (χ0v) is 22.3. The van der Waals surface area contributed by atoms with Gasteiger partial charge in [0.05, 0.1) is 23.4 Å². The first kappa shape index (κ1) is 26.3. The fraction of sp³-hybridized carbons (Fsp3) is 0.259. The van der Waals surface area contributed by atoms with Gasteiger partial charge in [0.1, 0.15) is 23.6 Å². The molecular weight excluding hydrogens is 518 g/mol. The summed E-state index contributed by atoms with van der Waals surface area (Å²) in [5.74, 6) is 0.785. The molecule has 0 spiro atoms. The maximum absolute atomic E-state index is 12.7. The fourth-order valence-corrected chi connectivity index (χ4v) is 5.75. The van der Waals surface area contributed by atoms with Crippen molar-refractivity contribution in [2.75, 3.05) is 25.9 Å². The number of fused-ring (bicyclic) bond motifs is 1. The Hall–Kier alpha value is -4.29. The monoisotopic (exact) mass is 547 g/mol. The number of carbonyl (C=O) groups is 1. The van der Waals surface area contributed by atoms with E-state index in [0.717, 1.165) is 24.0 Å². The third kappa shape index (κ3) is 5.33. The number of piperidine rings is 1. The zero-order chi connectivity index (χ0) is 27.6. The van der Waals surface area contributed by atoms with Crippen LogP contribution >= 0.6 is 0 Å². The number of carbonyl (C=O) groups excluding carboxylic acids is 1. The largest absolute Gasteiger partial charge is 0.497 e.